The van der Waals surface area contributed by atoms with Crippen molar-refractivity contribution in [1.82, 2.24) is 5.32 Å². The van der Waals surface area contributed by atoms with E-state index in [-0.39, 0.29) is 25.0 Å². The van der Waals surface area contributed by atoms with Gasteiger partial charge in [0.1, 0.15) is 6.61 Å². The Bertz CT molecular complexity index is 445. The first-order chi connectivity index (χ1) is 12.1. The quantitative estimate of drug-likeness (QED) is 0.364. The van der Waals surface area contributed by atoms with E-state index in [4.69, 9.17) is 19.7 Å². The number of carbonyl (C=O) groups excluding carboxylic acids is 1. The lowest BCUT2D eigenvalue weighted by molar-refractivity contribution is -0.192. The van der Waals surface area contributed by atoms with Gasteiger partial charge in [0.25, 0.3) is 0 Å². The second-order valence-corrected chi connectivity index (χ2v) is 7.86. The van der Waals surface area contributed by atoms with Gasteiger partial charge in [-0.25, -0.2) is 4.79 Å². The number of rotatable bonds is 10. The number of carboxylic acids is 2. The molecule has 1 saturated carbocycles. The maximum absolute atomic E-state index is 11.4. The SMILES string of the molecule is O=C(O)C(F)(F)F.O=C(O)CCSSCCNC(=O)COC1CCCC1. The maximum atomic E-state index is 11.4. The van der Waals surface area contributed by atoms with Crippen molar-refractivity contribution in [3.63, 3.8) is 0 Å². The summed E-state index contributed by atoms with van der Waals surface area (Å²) in [4.78, 5) is 30.6. The minimum Gasteiger partial charge on any atom is -0.481 e. The van der Waals surface area contributed by atoms with Crippen molar-refractivity contribution in [2.45, 2.75) is 44.4 Å². The van der Waals surface area contributed by atoms with E-state index >= 15 is 0 Å². The Hall–Kier alpha value is -1.14. The predicted molar refractivity (Wildman–Crippen MR) is 92.1 cm³/mol. The van der Waals surface area contributed by atoms with Crippen molar-refractivity contribution in [1.29, 1.82) is 0 Å². The van der Waals surface area contributed by atoms with E-state index in [1.807, 2.05) is 0 Å². The molecule has 7 nitrogen and oxygen atoms in total. The zero-order valence-corrected chi connectivity index (χ0v) is 15.6. The van der Waals surface area contributed by atoms with E-state index in [1.54, 1.807) is 10.8 Å². The molecule has 1 aliphatic rings. The number of hydrogen-bond acceptors (Lipinski definition) is 6. The third kappa shape index (κ3) is 15.1. The molecule has 0 spiro atoms. The van der Waals surface area contributed by atoms with E-state index in [9.17, 15) is 22.8 Å². The molecule has 1 aliphatic carbocycles. The van der Waals surface area contributed by atoms with E-state index in [0.29, 0.717) is 12.3 Å². The van der Waals surface area contributed by atoms with Crippen LogP contribution in [0.25, 0.3) is 0 Å². The normalized spacial score (nSPS) is 14.4. The standard InChI is InChI=1S/C12H21NO4S2.C2HF3O2/c14-11(9-17-10-3-1-2-4-10)13-6-8-19-18-7-5-12(15)16;3-2(4,5)1(6)7/h10H,1-9H2,(H,13,14)(H,15,16);(H,6,7). The number of amides is 1. The second-order valence-electron chi connectivity index (χ2n) is 5.16. The highest BCUT2D eigenvalue weighted by Crippen LogP contribution is 2.21. The molecular weight excluding hydrogens is 399 g/mol. The van der Waals surface area contributed by atoms with Crippen LogP contribution < -0.4 is 5.32 Å². The molecule has 0 aromatic rings. The summed E-state index contributed by atoms with van der Waals surface area (Å²) >= 11 is 0. The molecule has 1 fully saturated rings. The van der Waals surface area contributed by atoms with Gasteiger partial charge in [-0.1, -0.05) is 34.4 Å². The fourth-order valence-electron chi connectivity index (χ4n) is 1.78. The Morgan fingerprint density at radius 2 is 1.62 bits per heavy atom. The molecule has 1 rings (SSSR count). The van der Waals surface area contributed by atoms with Gasteiger partial charge in [-0.3, -0.25) is 9.59 Å². The van der Waals surface area contributed by atoms with Crippen molar-refractivity contribution >= 4 is 39.4 Å². The smallest absolute Gasteiger partial charge is 0.481 e. The molecule has 0 aliphatic heterocycles. The Kier molecular flexibility index (Phi) is 13.4. The van der Waals surface area contributed by atoms with Gasteiger partial charge in [-0.15, -0.1) is 0 Å². The number of halogens is 3. The zero-order chi connectivity index (χ0) is 20.0. The van der Waals surface area contributed by atoms with Gasteiger partial charge in [0.15, 0.2) is 0 Å². The lowest BCUT2D eigenvalue weighted by Gasteiger charge is -2.10. The highest BCUT2D eigenvalue weighted by Gasteiger charge is 2.38. The summed E-state index contributed by atoms with van der Waals surface area (Å²) < 4.78 is 37.2. The van der Waals surface area contributed by atoms with Gasteiger partial charge in [-0.2, -0.15) is 13.2 Å². The summed E-state index contributed by atoms with van der Waals surface area (Å²) in [6.07, 6.45) is -0.0782. The molecule has 0 atom stereocenters. The maximum Gasteiger partial charge on any atom is 0.490 e. The molecule has 3 N–H and O–H groups in total. The van der Waals surface area contributed by atoms with Crippen molar-refractivity contribution < 1.29 is 42.5 Å². The highest BCUT2D eigenvalue weighted by molar-refractivity contribution is 8.76. The van der Waals surface area contributed by atoms with Crippen LogP contribution in [0.3, 0.4) is 0 Å². The molecule has 26 heavy (non-hydrogen) atoms. The highest BCUT2D eigenvalue weighted by atomic mass is 33.1. The largest absolute Gasteiger partial charge is 0.490 e. The van der Waals surface area contributed by atoms with Crippen LogP contribution in [0.5, 0.6) is 0 Å². The summed E-state index contributed by atoms with van der Waals surface area (Å²) in [6, 6.07) is 0. The van der Waals surface area contributed by atoms with Crippen LogP contribution in [0.4, 0.5) is 13.2 Å². The van der Waals surface area contributed by atoms with Gasteiger partial charge in [0.05, 0.1) is 12.5 Å². The van der Waals surface area contributed by atoms with Crippen molar-refractivity contribution in [2.24, 2.45) is 0 Å². The van der Waals surface area contributed by atoms with Gasteiger partial charge in [-0.05, 0) is 12.8 Å². The first-order valence-corrected chi connectivity index (χ1v) is 10.3. The van der Waals surface area contributed by atoms with E-state index in [1.165, 1.54) is 23.6 Å². The topological polar surface area (TPSA) is 113 Å². The van der Waals surface area contributed by atoms with Crippen molar-refractivity contribution in [3.8, 4) is 0 Å². The van der Waals surface area contributed by atoms with Gasteiger partial charge < -0.3 is 20.3 Å². The molecule has 0 unspecified atom stereocenters. The fourth-order valence-corrected chi connectivity index (χ4v) is 3.66. The van der Waals surface area contributed by atoms with Crippen LogP contribution >= 0.6 is 21.6 Å². The molecule has 0 bridgehead atoms. The second kappa shape index (κ2) is 14.0. The Balaban J connectivity index is 0.000000758. The lowest BCUT2D eigenvalue weighted by Crippen LogP contribution is -2.30. The van der Waals surface area contributed by atoms with Crippen molar-refractivity contribution in [3.05, 3.63) is 0 Å². The number of nitrogens with one attached hydrogen (secondary N) is 1. The Labute approximate surface area is 156 Å². The molecule has 1 amide bonds. The van der Waals surface area contributed by atoms with Crippen LogP contribution in [-0.2, 0) is 19.1 Å². The Morgan fingerprint density at radius 3 is 2.12 bits per heavy atom. The number of aliphatic carboxylic acids is 2. The number of ether oxygens (including phenoxy) is 1. The number of alkyl halides is 3. The van der Waals surface area contributed by atoms with Crippen LogP contribution in [0.15, 0.2) is 0 Å². The van der Waals surface area contributed by atoms with E-state index in [2.05, 4.69) is 5.32 Å². The molecule has 0 aromatic carbocycles. The number of carboxylic acid groups (broad SMARTS) is 2. The molecular formula is C14H22F3NO6S2. The van der Waals surface area contributed by atoms with Crippen molar-refractivity contribution in [2.75, 3.05) is 24.7 Å². The summed E-state index contributed by atoms with van der Waals surface area (Å²) in [6.45, 7) is 0.749. The van der Waals surface area contributed by atoms with Gasteiger partial charge in [0.2, 0.25) is 5.91 Å². The van der Waals surface area contributed by atoms with Crippen LogP contribution in [-0.4, -0.2) is 65.0 Å². The van der Waals surface area contributed by atoms with Crippen LogP contribution in [0.2, 0.25) is 0 Å². The first kappa shape index (κ1) is 24.9. The third-order valence-corrected chi connectivity index (χ3v) is 5.39. The average molecular weight is 421 g/mol. The number of carbonyl (C=O) groups is 3. The fraction of sp³-hybridized carbons (Fsp3) is 0.786. The van der Waals surface area contributed by atoms with Crippen LogP contribution in [0.1, 0.15) is 32.1 Å². The minimum absolute atomic E-state index is 0.0666. The first-order valence-electron chi connectivity index (χ1n) is 7.77. The molecule has 0 saturated heterocycles. The third-order valence-electron chi connectivity index (χ3n) is 2.98. The lowest BCUT2D eigenvalue weighted by atomic mass is 10.3. The molecule has 12 heteroatoms. The molecule has 0 radical (unpaired) electrons. The molecule has 0 heterocycles. The summed E-state index contributed by atoms with van der Waals surface area (Å²) in [7, 11) is 3.10. The zero-order valence-electron chi connectivity index (χ0n) is 13.9. The van der Waals surface area contributed by atoms with Crippen LogP contribution in [0, 0.1) is 0 Å². The molecule has 152 valence electrons. The summed E-state index contributed by atoms with van der Waals surface area (Å²) in [5, 5.41) is 18.4. The van der Waals surface area contributed by atoms with E-state index in [0.717, 1.165) is 18.6 Å². The minimum atomic E-state index is -5.08. The van der Waals surface area contributed by atoms with E-state index < -0.39 is 18.1 Å². The van der Waals surface area contributed by atoms with Gasteiger partial charge in [0, 0.05) is 18.1 Å². The monoisotopic (exact) mass is 421 g/mol. The average Bonchev–Trinajstić information content (AvgIpc) is 3.05. The predicted octanol–water partition coefficient (Wildman–Crippen LogP) is 2.55. The Morgan fingerprint density at radius 1 is 1.08 bits per heavy atom. The van der Waals surface area contributed by atoms with Gasteiger partial charge >= 0.3 is 18.1 Å². The molecule has 0 aromatic heterocycles. The number of hydrogen-bond donors (Lipinski definition) is 3. The summed E-state index contributed by atoms with van der Waals surface area (Å²) in [5.41, 5.74) is 0. The summed E-state index contributed by atoms with van der Waals surface area (Å²) in [5.74, 6) is -2.22.